The lowest BCUT2D eigenvalue weighted by Gasteiger charge is -2.10. The van der Waals surface area contributed by atoms with E-state index in [1.165, 1.54) is 11.0 Å². The third-order valence-corrected chi connectivity index (χ3v) is 5.14. The second-order valence-electron chi connectivity index (χ2n) is 4.45. The van der Waals surface area contributed by atoms with Crippen molar-refractivity contribution in [3.05, 3.63) is 36.2 Å². The Labute approximate surface area is 131 Å². The highest BCUT2D eigenvalue weighted by atomic mass is 32.2. The summed E-state index contributed by atoms with van der Waals surface area (Å²) in [6.07, 6.45) is 3.42. The quantitative estimate of drug-likeness (QED) is 0.426. The molecule has 0 saturated heterocycles. The summed E-state index contributed by atoms with van der Waals surface area (Å²) in [4.78, 5) is 13.2. The number of thiazole rings is 1. The highest BCUT2D eigenvalue weighted by molar-refractivity contribution is 8.01. The zero-order valence-corrected chi connectivity index (χ0v) is 13.2. The van der Waals surface area contributed by atoms with Gasteiger partial charge < -0.3 is 5.43 Å². The largest absolute Gasteiger partial charge is 0.308 e. The summed E-state index contributed by atoms with van der Waals surface area (Å²) in [5, 5.41) is 0.916. The van der Waals surface area contributed by atoms with Gasteiger partial charge in [-0.05, 0) is 30.3 Å². The molecule has 0 amide bonds. The molecule has 108 valence electrons. The average Bonchev–Trinajstić information content (AvgIpc) is 2.91. The van der Waals surface area contributed by atoms with Crippen molar-refractivity contribution in [2.45, 2.75) is 29.1 Å². The minimum atomic E-state index is 0.690. The fraction of sp³-hybridized carbons (Fsp3) is 0.214. The van der Waals surface area contributed by atoms with Crippen molar-refractivity contribution in [2.24, 2.45) is 5.84 Å². The third kappa shape index (κ3) is 2.99. The molecule has 1 aromatic carbocycles. The van der Waals surface area contributed by atoms with Crippen molar-refractivity contribution in [1.82, 2.24) is 15.0 Å². The molecule has 0 radical (unpaired) electrons. The van der Waals surface area contributed by atoms with Crippen LogP contribution in [0.2, 0.25) is 0 Å². The van der Waals surface area contributed by atoms with E-state index in [1.54, 1.807) is 23.1 Å². The van der Waals surface area contributed by atoms with Gasteiger partial charge in [-0.15, -0.1) is 11.3 Å². The predicted octanol–water partition coefficient (Wildman–Crippen LogP) is 3.48. The van der Waals surface area contributed by atoms with E-state index in [4.69, 9.17) is 5.84 Å². The van der Waals surface area contributed by atoms with Crippen molar-refractivity contribution < 1.29 is 0 Å². The van der Waals surface area contributed by atoms with Gasteiger partial charge in [-0.25, -0.2) is 20.8 Å². The van der Waals surface area contributed by atoms with Crippen LogP contribution in [0.25, 0.3) is 10.2 Å². The number of nitrogens with one attached hydrogen (secondary N) is 1. The summed E-state index contributed by atoms with van der Waals surface area (Å²) in [5.41, 5.74) is 4.72. The molecule has 3 N–H and O–H groups in total. The molecule has 3 aromatic rings. The van der Waals surface area contributed by atoms with Crippen molar-refractivity contribution >= 4 is 39.1 Å². The summed E-state index contributed by atoms with van der Waals surface area (Å²) >= 11 is 3.24. The van der Waals surface area contributed by atoms with Gasteiger partial charge in [0, 0.05) is 5.56 Å². The number of benzene rings is 1. The normalized spacial score (nSPS) is 11.0. The number of anilines is 1. The number of nitrogens with zero attached hydrogens (tertiary/aromatic N) is 3. The third-order valence-electron chi connectivity index (χ3n) is 3.00. The standard InChI is InChI=1S/C14H15N5S2/c1-2-5-9-12(19-15)16-8-17-13(9)21-14-18-10-6-3-4-7-11(10)20-14/h3-4,6-8H,2,5,15H2,1H3,(H,16,17,19). The van der Waals surface area contributed by atoms with Crippen molar-refractivity contribution in [3.63, 3.8) is 0 Å². The number of hydrogen-bond donors (Lipinski definition) is 2. The molecule has 7 heteroatoms. The molecule has 3 rings (SSSR count). The van der Waals surface area contributed by atoms with Gasteiger partial charge in [-0.3, -0.25) is 0 Å². The van der Waals surface area contributed by atoms with E-state index in [0.717, 1.165) is 33.3 Å². The van der Waals surface area contributed by atoms with Gasteiger partial charge in [0.2, 0.25) is 0 Å². The molecular formula is C14H15N5S2. The zero-order valence-electron chi connectivity index (χ0n) is 11.5. The van der Waals surface area contributed by atoms with Crippen LogP contribution in [0, 0.1) is 0 Å². The molecule has 0 spiro atoms. The van der Waals surface area contributed by atoms with Crippen LogP contribution >= 0.6 is 23.1 Å². The summed E-state index contributed by atoms with van der Waals surface area (Å²) in [7, 11) is 0. The number of para-hydroxylation sites is 1. The first-order valence-electron chi connectivity index (χ1n) is 6.65. The van der Waals surface area contributed by atoms with Gasteiger partial charge in [0.25, 0.3) is 0 Å². The van der Waals surface area contributed by atoms with Crippen LogP contribution in [0.3, 0.4) is 0 Å². The van der Waals surface area contributed by atoms with Gasteiger partial charge in [-0.2, -0.15) is 0 Å². The van der Waals surface area contributed by atoms with Gasteiger partial charge in [-0.1, -0.05) is 25.5 Å². The van der Waals surface area contributed by atoms with E-state index in [0.29, 0.717) is 5.82 Å². The van der Waals surface area contributed by atoms with Gasteiger partial charge >= 0.3 is 0 Å². The van der Waals surface area contributed by atoms with Crippen LogP contribution in [0.4, 0.5) is 5.82 Å². The average molecular weight is 317 g/mol. The van der Waals surface area contributed by atoms with Gasteiger partial charge in [0.1, 0.15) is 17.2 Å². The Morgan fingerprint density at radius 3 is 2.90 bits per heavy atom. The first-order valence-corrected chi connectivity index (χ1v) is 8.29. The lowest BCUT2D eigenvalue weighted by Crippen LogP contribution is -2.12. The zero-order chi connectivity index (χ0) is 14.7. The SMILES string of the molecule is CCCc1c(NN)ncnc1Sc1nc2ccccc2s1. The van der Waals surface area contributed by atoms with Crippen molar-refractivity contribution in [1.29, 1.82) is 0 Å². The van der Waals surface area contributed by atoms with E-state index in [-0.39, 0.29) is 0 Å². The Hall–Kier alpha value is -1.70. The second kappa shape index (κ2) is 6.38. The van der Waals surface area contributed by atoms with E-state index in [2.05, 4.69) is 33.4 Å². The maximum atomic E-state index is 5.54. The summed E-state index contributed by atoms with van der Waals surface area (Å²) in [6.45, 7) is 2.12. The monoisotopic (exact) mass is 317 g/mol. The molecule has 0 aliphatic heterocycles. The summed E-state index contributed by atoms with van der Waals surface area (Å²) < 4.78 is 2.17. The molecule has 0 unspecified atom stereocenters. The van der Waals surface area contributed by atoms with Crippen LogP contribution in [-0.2, 0) is 6.42 Å². The Balaban J connectivity index is 1.96. The minimum Gasteiger partial charge on any atom is -0.308 e. The van der Waals surface area contributed by atoms with E-state index < -0.39 is 0 Å². The molecule has 0 saturated carbocycles. The first-order chi connectivity index (χ1) is 10.3. The first kappa shape index (κ1) is 14.2. The number of nitrogen functional groups attached to an aromatic ring is 1. The number of aromatic nitrogens is 3. The molecule has 0 aliphatic rings. The number of fused-ring (bicyclic) bond motifs is 1. The molecular weight excluding hydrogens is 302 g/mol. The maximum Gasteiger partial charge on any atom is 0.157 e. The topological polar surface area (TPSA) is 76.7 Å². The van der Waals surface area contributed by atoms with Crippen LogP contribution in [-0.4, -0.2) is 15.0 Å². The second-order valence-corrected chi connectivity index (χ2v) is 6.72. The molecule has 0 atom stereocenters. The van der Waals surface area contributed by atoms with Crippen LogP contribution in [0.5, 0.6) is 0 Å². The summed E-state index contributed by atoms with van der Waals surface area (Å²) in [5.74, 6) is 6.23. The molecule has 0 fully saturated rings. The Bertz CT molecular complexity index is 723. The maximum absolute atomic E-state index is 5.54. The number of nitrogens with two attached hydrogens (primary N) is 1. The molecule has 0 aliphatic carbocycles. The predicted molar refractivity (Wildman–Crippen MR) is 87.6 cm³/mol. The molecule has 2 aromatic heterocycles. The Morgan fingerprint density at radius 2 is 2.14 bits per heavy atom. The lowest BCUT2D eigenvalue weighted by atomic mass is 10.2. The highest BCUT2D eigenvalue weighted by Gasteiger charge is 2.13. The van der Waals surface area contributed by atoms with E-state index >= 15 is 0 Å². The summed E-state index contributed by atoms with van der Waals surface area (Å²) in [6, 6.07) is 8.13. The molecule has 0 bridgehead atoms. The molecule has 2 heterocycles. The van der Waals surface area contributed by atoms with Crippen molar-refractivity contribution in [3.8, 4) is 0 Å². The van der Waals surface area contributed by atoms with Gasteiger partial charge in [0.15, 0.2) is 4.34 Å². The number of rotatable bonds is 5. The Morgan fingerprint density at radius 1 is 1.29 bits per heavy atom. The van der Waals surface area contributed by atoms with E-state index in [1.807, 2.05) is 18.2 Å². The molecule has 5 nitrogen and oxygen atoms in total. The number of hydrazine groups is 1. The van der Waals surface area contributed by atoms with Crippen LogP contribution in [0.1, 0.15) is 18.9 Å². The lowest BCUT2D eigenvalue weighted by molar-refractivity contribution is 0.856. The molecule has 21 heavy (non-hydrogen) atoms. The Kier molecular flexibility index (Phi) is 4.33. The highest BCUT2D eigenvalue weighted by Crippen LogP contribution is 2.36. The fourth-order valence-electron chi connectivity index (χ4n) is 2.06. The van der Waals surface area contributed by atoms with Crippen molar-refractivity contribution in [2.75, 3.05) is 5.43 Å². The fourth-order valence-corrected chi connectivity index (χ4v) is 4.16. The van der Waals surface area contributed by atoms with E-state index in [9.17, 15) is 0 Å². The van der Waals surface area contributed by atoms with Crippen LogP contribution in [0.15, 0.2) is 40.0 Å². The van der Waals surface area contributed by atoms with Gasteiger partial charge in [0.05, 0.1) is 10.2 Å². The smallest absolute Gasteiger partial charge is 0.157 e. The van der Waals surface area contributed by atoms with Crippen LogP contribution < -0.4 is 11.3 Å². The minimum absolute atomic E-state index is 0.690. The number of hydrogen-bond acceptors (Lipinski definition) is 7.